The number of halogens is 1. The molecule has 0 aliphatic rings. The van der Waals surface area contributed by atoms with Gasteiger partial charge in [-0.1, -0.05) is 12.1 Å². The van der Waals surface area contributed by atoms with Gasteiger partial charge in [0.2, 0.25) is 11.8 Å². The molecule has 144 valence electrons. The molecule has 0 aliphatic carbocycles. The molecule has 0 saturated heterocycles. The van der Waals surface area contributed by atoms with Crippen molar-refractivity contribution in [2.75, 3.05) is 26.1 Å². The highest BCUT2D eigenvalue weighted by Crippen LogP contribution is 2.28. The van der Waals surface area contributed by atoms with Crippen LogP contribution in [0.3, 0.4) is 0 Å². The average molecular weight is 374 g/mol. The molecule has 0 radical (unpaired) electrons. The van der Waals surface area contributed by atoms with E-state index < -0.39 is 5.82 Å². The van der Waals surface area contributed by atoms with Crippen molar-refractivity contribution in [1.82, 2.24) is 4.90 Å². The summed E-state index contributed by atoms with van der Waals surface area (Å²) in [6.45, 7) is 2.03. The number of carbonyl (C=O) groups excluding carboxylic acids is 2. The summed E-state index contributed by atoms with van der Waals surface area (Å²) in [5, 5.41) is 2.62. The van der Waals surface area contributed by atoms with Gasteiger partial charge in [-0.25, -0.2) is 4.39 Å². The van der Waals surface area contributed by atoms with Crippen molar-refractivity contribution in [3.8, 4) is 11.5 Å². The highest BCUT2D eigenvalue weighted by atomic mass is 19.1. The third-order valence-corrected chi connectivity index (χ3v) is 3.98. The van der Waals surface area contributed by atoms with Crippen molar-refractivity contribution >= 4 is 17.5 Å². The lowest BCUT2D eigenvalue weighted by atomic mass is 10.1. The van der Waals surface area contributed by atoms with Gasteiger partial charge in [-0.2, -0.15) is 0 Å². The minimum atomic E-state index is -0.424. The average Bonchev–Trinajstić information content (AvgIpc) is 2.64. The molecule has 0 aromatic heterocycles. The second-order valence-corrected chi connectivity index (χ2v) is 5.94. The van der Waals surface area contributed by atoms with Crippen LogP contribution < -0.4 is 14.8 Å². The summed E-state index contributed by atoms with van der Waals surface area (Å²) >= 11 is 0. The Bertz CT molecular complexity index is 810. The lowest BCUT2D eigenvalue weighted by Crippen LogP contribution is -2.31. The quantitative estimate of drug-likeness (QED) is 0.770. The van der Waals surface area contributed by atoms with E-state index in [1.807, 2.05) is 6.07 Å². The molecule has 7 heteroatoms. The zero-order valence-electron chi connectivity index (χ0n) is 15.6. The summed E-state index contributed by atoms with van der Waals surface area (Å²) in [6.07, 6.45) is 0.101. The number of nitrogens with one attached hydrogen (secondary N) is 1. The van der Waals surface area contributed by atoms with E-state index in [1.54, 1.807) is 37.3 Å². The van der Waals surface area contributed by atoms with Crippen molar-refractivity contribution in [3.63, 3.8) is 0 Å². The van der Waals surface area contributed by atoms with Gasteiger partial charge in [-0.15, -0.1) is 0 Å². The molecule has 0 aliphatic heterocycles. The van der Waals surface area contributed by atoms with E-state index in [-0.39, 0.29) is 24.8 Å². The smallest absolute Gasteiger partial charge is 0.226 e. The first-order chi connectivity index (χ1) is 12.9. The predicted molar refractivity (Wildman–Crippen MR) is 100 cm³/mol. The molecular weight excluding hydrogens is 351 g/mol. The summed E-state index contributed by atoms with van der Waals surface area (Å²) in [5.74, 6) is 0.307. The van der Waals surface area contributed by atoms with Crippen LogP contribution in [0.15, 0.2) is 42.5 Å². The fourth-order valence-electron chi connectivity index (χ4n) is 2.57. The van der Waals surface area contributed by atoms with Crippen molar-refractivity contribution < 1.29 is 23.5 Å². The van der Waals surface area contributed by atoms with Gasteiger partial charge >= 0.3 is 0 Å². The topological polar surface area (TPSA) is 67.9 Å². The third kappa shape index (κ3) is 5.99. The molecule has 0 unspecified atom stereocenters. The van der Waals surface area contributed by atoms with Crippen LogP contribution in [-0.4, -0.2) is 37.5 Å². The number of hydrogen-bond donors (Lipinski definition) is 1. The van der Waals surface area contributed by atoms with Crippen LogP contribution in [0.4, 0.5) is 10.1 Å². The third-order valence-electron chi connectivity index (χ3n) is 3.98. The van der Waals surface area contributed by atoms with E-state index in [2.05, 4.69) is 5.32 Å². The minimum Gasteiger partial charge on any atom is -0.493 e. The van der Waals surface area contributed by atoms with Gasteiger partial charge in [0.25, 0.3) is 0 Å². The molecule has 2 aromatic carbocycles. The van der Waals surface area contributed by atoms with Crippen molar-refractivity contribution in [1.29, 1.82) is 0 Å². The highest BCUT2D eigenvalue weighted by molar-refractivity contribution is 5.91. The zero-order valence-corrected chi connectivity index (χ0v) is 15.6. The maximum absolute atomic E-state index is 13.2. The van der Waals surface area contributed by atoms with Crippen LogP contribution in [0.5, 0.6) is 11.5 Å². The van der Waals surface area contributed by atoms with Gasteiger partial charge in [0, 0.05) is 32.1 Å². The Hall–Kier alpha value is -3.09. The highest BCUT2D eigenvalue weighted by Gasteiger charge is 2.14. The normalized spacial score (nSPS) is 10.2. The molecule has 0 atom stereocenters. The van der Waals surface area contributed by atoms with Gasteiger partial charge in [0.1, 0.15) is 5.82 Å². The van der Waals surface area contributed by atoms with Crippen molar-refractivity contribution in [2.45, 2.75) is 19.9 Å². The number of ether oxygens (including phenoxy) is 2. The first kappa shape index (κ1) is 20.2. The van der Waals surface area contributed by atoms with E-state index in [9.17, 15) is 14.0 Å². The molecule has 6 nitrogen and oxygen atoms in total. The number of methoxy groups -OCH3 is 2. The van der Waals surface area contributed by atoms with Crippen LogP contribution in [0.25, 0.3) is 0 Å². The molecule has 1 N–H and O–H groups in total. The molecule has 0 heterocycles. The van der Waals surface area contributed by atoms with Crippen molar-refractivity contribution in [3.05, 3.63) is 53.8 Å². The van der Waals surface area contributed by atoms with Gasteiger partial charge in [-0.3, -0.25) is 9.59 Å². The van der Waals surface area contributed by atoms with Crippen LogP contribution >= 0.6 is 0 Å². The number of hydrogen-bond acceptors (Lipinski definition) is 4. The van der Waals surface area contributed by atoms with Gasteiger partial charge in [0.15, 0.2) is 11.5 Å². The Labute approximate surface area is 157 Å². The van der Waals surface area contributed by atoms with E-state index >= 15 is 0 Å². The molecular formula is C20H23FN2O4. The summed E-state index contributed by atoms with van der Waals surface area (Å²) in [6, 6.07) is 11.1. The Morgan fingerprint density at radius 3 is 2.44 bits per heavy atom. The summed E-state index contributed by atoms with van der Waals surface area (Å²) in [7, 11) is 3.09. The number of carbonyl (C=O) groups is 2. The lowest BCUT2D eigenvalue weighted by Gasteiger charge is -2.21. The summed E-state index contributed by atoms with van der Waals surface area (Å²) in [5.41, 5.74) is 1.24. The first-order valence-corrected chi connectivity index (χ1v) is 8.44. The number of benzene rings is 2. The molecule has 2 aromatic rings. The molecule has 0 bridgehead atoms. The maximum Gasteiger partial charge on any atom is 0.226 e. The molecule has 2 rings (SSSR count). The molecule has 0 spiro atoms. The summed E-state index contributed by atoms with van der Waals surface area (Å²) in [4.78, 5) is 25.6. The molecule has 2 amide bonds. The largest absolute Gasteiger partial charge is 0.493 e. The van der Waals surface area contributed by atoms with E-state index in [1.165, 1.54) is 25.1 Å². The first-order valence-electron chi connectivity index (χ1n) is 8.44. The lowest BCUT2D eigenvalue weighted by molar-refractivity contribution is -0.129. The van der Waals surface area contributed by atoms with E-state index in [0.29, 0.717) is 23.7 Å². The predicted octanol–water partition coefficient (Wildman–Crippen LogP) is 3.22. The summed E-state index contributed by atoms with van der Waals surface area (Å²) < 4.78 is 23.6. The monoisotopic (exact) mass is 374 g/mol. The van der Waals surface area contributed by atoms with Crippen LogP contribution in [0, 0.1) is 5.82 Å². The van der Waals surface area contributed by atoms with Gasteiger partial charge < -0.3 is 19.7 Å². The van der Waals surface area contributed by atoms with E-state index in [0.717, 1.165) is 5.56 Å². The number of amides is 2. The Morgan fingerprint density at radius 2 is 1.81 bits per heavy atom. The fourth-order valence-corrected chi connectivity index (χ4v) is 2.57. The van der Waals surface area contributed by atoms with Gasteiger partial charge in [0.05, 0.1) is 14.2 Å². The minimum absolute atomic E-state index is 0.101. The number of rotatable bonds is 8. The molecule has 0 saturated carbocycles. The standard InChI is InChI=1S/C20H23FN2O4/c1-14(24)23(13-15-7-8-18(26-2)19(11-15)27-3)10-9-20(25)22-17-6-4-5-16(21)12-17/h4-8,11-12H,9-10,13H2,1-3H3,(H,22,25). The molecule has 0 fully saturated rings. The maximum atomic E-state index is 13.2. The zero-order chi connectivity index (χ0) is 19.8. The van der Waals surface area contributed by atoms with Crippen LogP contribution in [0.1, 0.15) is 18.9 Å². The fraction of sp³-hybridized carbons (Fsp3) is 0.300. The Kier molecular flexibility index (Phi) is 7.16. The SMILES string of the molecule is COc1ccc(CN(CCC(=O)Nc2cccc(F)c2)C(C)=O)cc1OC. The van der Waals surface area contributed by atoms with Gasteiger partial charge in [-0.05, 0) is 35.9 Å². The van der Waals surface area contributed by atoms with E-state index in [4.69, 9.17) is 9.47 Å². The van der Waals surface area contributed by atoms with Crippen LogP contribution in [0.2, 0.25) is 0 Å². The molecule has 27 heavy (non-hydrogen) atoms. The Balaban J connectivity index is 1.97. The second-order valence-electron chi connectivity index (χ2n) is 5.94. The number of anilines is 1. The second kappa shape index (κ2) is 9.56. The Morgan fingerprint density at radius 1 is 1.07 bits per heavy atom. The van der Waals surface area contributed by atoms with Crippen molar-refractivity contribution in [2.24, 2.45) is 0 Å². The van der Waals surface area contributed by atoms with Crippen LogP contribution in [-0.2, 0) is 16.1 Å². The number of nitrogens with zero attached hydrogens (tertiary/aromatic N) is 1.